The number of amides is 1. The molecule has 1 N–H and O–H groups in total. The number of carboxylic acid groups (broad SMARTS) is 1. The number of fused-ring (bicyclic) bond motifs is 1. The molecule has 1 aliphatic carbocycles. The Kier molecular flexibility index (Phi) is 4.17. The Hall–Kier alpha value is -2.83. The number of carboxylic acids is 1. The molecule has 1 saturated heterocycles. The standard InChI is InChI=1S/C20H23N3O4/c1-13-5-6-17(27-2)16(10-13)23-9-7-15(21-23)18(24)22-11-14-4-3-8-20(14,12-22)19(25)26/h5-7,9-10,14H,3-4,8,11-12H2,1-2H3,(H,25,26)/t14-,20+/m0/s1. The summed E-state index contributed by atoms with van der Waals surface area (Å²) in [5.41, 5.74) is 1.36. The van der Waals surface area contributed by atoms with Crippen molar-refractivity contribution in [2.24, 2.45) is 11.3 Å². The third-order valence-corrected chi connectivity index (χ3v) is 5.97. The molecule has 27 heavy (non-hydrogen) atoms. The highest BCUT2D eigenvalue weighted by Gasteiger charge is 2.56. The minimum atomic E-state index is -0.782. The first kappa shape index (κ1) is 17.6. The summed E-state index contributed by atoms with van der Waals surface area (Å²) in [5, 5.41) is 14.1. The Labute approximate surface area is 157 Å². The molecule has 1 aliphatic heterocycles. The van der Waals surface area contributed by atoms with Gasteiger partial charge in [-0.25, -0.2) is 4.68 Å². The Bertz CT molecular complexity index is 906. The normalized spacial score (nSPS) is 24.1. The van der Waals surface area contributed by atoms with Crippen LogP contribution in [-0.4, -0.2) is 51.9 Å². The fourth-order valence-electron chi connectivity index (χ4n) is 4.51. The van der Waals surface area contributed by atoms with Crippen LogP contribution in [0.15, 0.2) is 30.5 Å². The monoisotopic (exact) mass is 369 g/mol. The van der Waals surface area contributed by atoms with Crippen molar-refractivity contribution in [2.75, 3.05) is 20.2 Å². The van der Waals surface area contributed by atoms with Crippen LogP contribution in [0.25, 0.3) is 5.69 Å². The van der Waals surface area contributed by atoms with Crippen molar-refractivity contribution in [1.82, 2.24) is 14.7 Å². The van der Waals surface area contributed by atoms with E-state index in [2.05, 4.69) is 5.10 Å². The first-order valence-electron chi connectivity index (χ1n) is 9.18. The number of aryl methyl sites for hydroxylation is 1. The smallest absolute Gasteiger partial charge is 0.311 e. The molecule has 1 amide bonds. The van der Waals surface area contributed by atoms with E-state index in [-0.39, 0.29) is 18.4 Å². The molecule has 0 bridgehead atoms. The van der Waals surface area contributed by atoms with Gasteiger partial charge in [0.15, 0.2) is 5.69 Å². The van der Waals surface area contributed by atoms with E-state index in [1.807, 2.05) is 25.1 Å². The molecule has 1 aromatic heterocycles. The number of hydrogen-bond donors (Lipinski definition) is 1. The highest BCUT2D eigenvalue weighted by atomic mass is 16.5. The lowest BCUT2D eigenvalue weighted by molar-refractivity contribution is -0.149. The van der Waals surface area contributed by atoms with E-state index in [0.717, 1.165) is 24.1 Å². The Morgan fingerprint density at radius 2 is 2.15 bits per heavy atom. The molecule has 7 heteroatoms. The highest BCUT2D eigenvalue weighted by molar-refractivity contribution is 5.93. The first-order chi connectivity index (χ1) is 12.9. The van der Waals surface area contributed by atoms with E-state index < -0.39 is 11.4 Å². The van der Waals surface area contributed by atoms with Gasteiger partial charge in [0, 0.05) is 19.3 Å². The molecule has 0 radical (unpaired) electrons. The molecule has 2 aromatic rings. The minimum Gasteiger partial charge on any atom is -0.494 e. The lowest BCUT2D eigenvalue weighted by Crippen LogP contribution is -2.37. The van der Waals surface area contributed by atoms with Crippen molar-refractivity contribution >= 4 is 11.9 Å². The van der Waals surface area contributed by atoms with Crippen molar-refractivity contribution in [3.8, 4) is 11.4 Å². The number of rotatable bonds is 4. The third kappa shape index (κ3) is 2.78. The molecule has 0 spiro atoms. The van der Waals surface area contributed by atoms with Gasteiger partial charge in [0.05, 0.1) is 12.5 Å². The van der Waals surface area contributed by atoms with Gasteiger partial charge in [0.25, 0.3) is 5.91 Å². The van der Waals surface area contributed by atoms with Crippen molar-refractivity contribution < 1.29 is 19.4 Å². The molecule has 0 unspecified atom stereocenters. The number of benzene rings is 1. The second-order valence-corrected chi connectivity index (χ2v) is 7.56. The van der Waals surface area contributed by atoms with E-state index in [0.29, 0.717) is 24.4 Å². The third-order valence-electron chi connectivity index (χ3n) is 5.97. The van der Waals surface area contributed by atoms with Gasteiger partial charge in [-0.2, -0.15) is 5.10 Å². The zero-order valence-corrected chi connectivity index (χ0v) is 15.5. The number of likely N-dealkylation sites (tertiary alicyclic amines) is 1. The second-order valence-electron chi connectivity index (χ2n) is 7.56. The average molecular weight is 369 g/mol. The van der Waals surface area contributed by atoms with Gasteiger partial charge in [0.1, 0.15) is 11.4 Å². The predicted octanol–water partition coefficient (Wildman–Crippen LogP) is 2.52. The lowest BCUT2D eigenvalue weighted by Gasteiger charge is -2.23. The van der Waals surface area contributed by atoms with Crippen LogP contribution in [0.2, 0.25) is 0 Å². The van der Waals surface area contributed by atoms with Crippen molar-refractivity contribution in [3.05, 3.63) is 41.7 Å². The number of methoxy groups -OCH3 is 1. The van der Waals surface area contributed by atoms with Crippen LogP contribution in [0.4, 0.5) is 0 Å². The van der Waals surface area contributed by atoms with Gasteiger partial charge in [-0.05, 0) is 49.4 Å². The van der Waals surface area contributed by atoms with Gasteiger partial charge in [-0.1, -0.05) is 12.5 Å². The van der Waals surface area contributed by atoms with Gasteiger partial charge >= 0.3 is 5.97 Å². The molecule has 2 heterocycles. The molecule has 7 nitrogen and oxygen atoms in total. The zero-order valence-electron chi connectivity index (χ0n) is 15.5. The van der Waals surface area contributed by atoms with Crippen LogP contribution < -0.4 is 4.74 Å². The highest BCUT2D eigenvalue weighted by Crippen LogP contribution is 2.49. The van der Waals surface area contributed by atoms with Crippen molar-refractivity contribution in [1.29, 1.82) is 0 Å². The number of carbonyl (C=O) groups excluding carboxylic acids is 1. The molecular weight excluding hydrogens is 346 g/mol. The van der Waals surface area contributed by atoms with Crippen LogP contribution in [0.3, 0.4) is 0 Å². The van der Waals surface area contributed by atoms with E-state index in [4.69, 9.17) is 4.74 Å². The SMILES string of the molecule is COc1ccc(C)cc1-n1ccc(C(=O)N2C[C@@H]3CCC[C@@]3(C(=O)O)C2)n1. The van der Waals surface area contributed by atoms with Crippen LogP contribution in [-0.2, 0) is 4.79 Å². The summed E-state index contributed by atoms with van der Waals surface area (Å²) in [6, 6.07) is 7.43. The van der Waals surface area contributed by atoms with Crippen LogP contribution in [0.5, 0.6) is 5.75 Å². The summed E-state index contributed by atoms with van der Waals surface area (Å²) in [6.07, 6.45) is 4.16. The molecule has 2 atom stereocenters. The van der Waals surface area contributed by atoms with E-state index in [1.54, 1.807) is 29.0 Å². The molecule has 2 fully saturated rings. The average Bonchev–Trinajstić information content (AvgIpc) is 3.35. The maximum absolute atomic E-state index is 12.9. The number of nitrogens with zero attached hydrogens (tertiary/aromatic N) is 3. The lowest BCUT2D eigenvalue weighted by atomic mass is 9.81. The minimum absolute atomic E-state index is 0.0397. The van der Waals surface area contributed by atoms with E-state index in [1.165, 1.54) is 0 Å². The summed E-state index contributed by atoms with van der Waals surface area (Å²) in [7, 11) is 1.60. The van der Waals surface area contributed by atoms with Gasteiger partial charge in [-0.3, -0.25) is 9.59 Å². The maximum Gasteiger partial charge on any atom is 0.311 e. The zero-order chi connectivity index (χ0) is 19.2. The van der Waals surface area contributed by atoms with Gasteiger partial charge in [0.2, 0.25) is 0 Å². The van der Waals surface area contributed by atoms with E-state index in [9.17, 15) is 14.7 Å². The van der Waals surface area contributed by atoms with Gasteiger partial charge < -0.3 is 14.7 Å². The molecule has 2 aliphatic rings. The van der Waals surface area contributed by atoms with Gasteiger partial charge in [-0.15, -0.1) is 0 Å². The van der Waals surface area contributed by atoms with Crippen LogP contribution in [0, 0.1) is 18.3 Å². The molecule has 1 saturated carbocycles. The number of hydrogen-bond acceptors (Lipinski definition) is 4. The van der Waals surface area contributed by atoms with Crippen molar-refractivity contribution in [2.45, 2.75) is 26.2 Å². The summed E-state index contributed by atoms with van der Waals surface area (Å²) < 4.78 is 7.02. The Morgan fingerprint density at radius 1 is 1.33 bits per heavy atom. The quantitative estimate of drug-likeness (QED) is 0.895. The fourth-order valence-corrected chi connectivity index (χ4v) is 4.51. The topological polar surface area (TPSA) is 84.7 Å². The molecule has 4 rings (SSSR count). The largest absolute Gasteiger partial charge is 0.494 e. The maximum atomic E-state index is 12.9. The summed E-state index contributed by atoms with van der Waals surface area (Å²) in [5.74, 6) is -0.285. The van der Waals surface area contributed by atoms with Crippen molar-refractivity contribution in [3.63, 3.8) is 0 Å². The van der Waals surface area contributed by atoms with Crippen LogP contribution in [0.1, 0.15) is 35.3 Å². The van der Waals surface area contributed by atoms with Crippen LogP contribution >= 0.6 is 0 Å². The Balaban J connectivity index is 1.59. The Morgan fingerprint density at radius 3 is 2.85 bits per heavy atom. The number of carbonyl (C=O) groups is 2. The summed E-state index contributed by atoms with van der Waals surface area (Å²) in [4.78, 5) is 26.4. The van der Waals surface area contributed by atoms with E-state index >= 15 is 0 Å². The fraction of sp³-hybridized carbons (Fsp3) is 0.450. The predicted molar refractivity (Wildman–Crippen MR) is 98.2 cm³/mol. The number of ether oxygens (including phenoxy) is 1. The molecule has 1 aromatic carbocycles. The first-order valence-corrected chi connectivity index (χ1v) is 9.18. The summed E-state index contributed by atoms with van der Waals surface area (Å²) >= 11 is 0. The summed E-state index contributed by atoms with van der Waals surface area (Å²) in [6.45, 7) is 2.74. The molecular formula is C20H23N3O4. The molecule has 142 valence electrons. The number of aromatic nitrogens is 2. The second kappa shape index (κ2) is 6.40. The number of aliphatic carboxylic acids is 1.